The van der Waals surface area contributed by atoms with Crippen LogP contribution in [0.15, 0.2) is 30.3 Å². The number of esters is 1. The van der Waals surface area contributed by atoms with Crippen LogP contribution >= 0.6 is 0 Å². The number of hydrogen-bond donors (Lipinski definition) is 0. The van der Waals surface area contributed by atoms with Gasteiger partial charge in [0.15, 0.2) is 18.5 Å². The van der Waals surface area contributed by atoms with Crippen LogP contribution in [0.2, 0.25) is 0 Å². The van der Waals surface area contributed by atoms with Gasteiger partial charge in [-0.25, -0.2) is 4.79 Å². The summed E-state index contributed by atoms with van der Waals surface area (Å²) in [5.74, 6) is -0.814. The largest absolute Gasteiger partial charge is 0.467 e. The third-order valence-electron chi connectivity index (χ3n) is 3.45. The van der Waals surface area contributed by atoms with Crippen molar-refractivity contribution in [2.45, 2.75) is 25.0 Å². The van der Waals surface area contributed by atoms with Crippen molar-refractivity contribution in [3.63, 3.8) is 0 Å². The highest BCUT2D eigenvalue weighted by Crippen LogP contribution is 2.28. The molecule has 106 valence electrons. The van der Waals surface area contributed by atoms with Crippen LogP contribution in [0.4, 0.5) is 0 Å². The van der Waals surface area contributed by atoms with Gasteiger partial charge < -0.3 is 19.1 Å². The summed E-state index contributed by atoms with van der Waals surface area (Å²) in [7, 11) is 1.26. The Hall–Kier alpha value is -1.92. The molecule has 0 aromatic heterocycles. The predicted octanol–water partition coefficient (Wildman–Crippen LogP) is 0.312. The number of carbonyl (C=O) groups is 2. The molecule has 6 nitrogen and oxygen atoms in total. The molecule has 0 N–H and O–H groups in total. The Morgan fingerprint density at radius 1 is 1.35 bits per heavy atom. The number of fused-ring (bicyclic) bond motifs is 2. The summed E-state index contributed by atoms with van der Waals surface area (Å²) in [5, 5.41) is 0. The molecule has 6 heteroatoms. The van der Waals surface area contributed by atoms with E-state index in [4.69, 9.17) is 9.47 Å². The molecule has 2 fully saturated rings. The number of carbonyl (C=O) groups excluding carboxylic acids is 2. The summed E-state index contributed by atoms with van der Waals surface area (Å²) < 4.78 is 15.4. The Kier molecular flexibility index (Phi) is 3.42. The van der Waals surface area contributed by atoms with Crippen molar-refractivity contribution in [3.8, 4) is 0 Å². The first-order valence-electron chi connectivity index (χ1n) is 6.40. The second-order valence-corrected chi connectivity index (χ2v) is 4.77. The first-order valence-corrected chi connectivity index (χ1v) is 6.40. The van der Waals surface area contributed by atoms with Crippen LogP contribution in [0.25, 0.3) is 0 Å². The normalized spacial score (nSPS) is 28.6. The molecular weight excluding hydrogens is 262 g/mol. The Morgan fingerprint density at radius 2 is 2.10 bits per heavy atom. The molecule has 3 rings (SSSR count). The molecule has 0 unspecified atom stereocenters. The monoisotopic (exact) mass is 277 g/mol. The number of morpholine rings is 1. The predicted molar refractivity (Wildman–Crippen MR) is 67.4 cm³/mol. The van der Waals surface area contributed by atoms with E-state index in [-0.39, 0.29) is 5.91 Å². The fourth-order valence-corrected chi connectivity index (χ4v) is 2.47. The average molecular weight is 277 g/mol. The minimum absolute atomic E-state index is 0.238. The van der Waals surface area contributed by atoms with Crippen LogP contribution in [0.1, 0.15) is 5.56 Å². The lowest BCUT2D eigenvalue weighted by atomic mass is 10.1. The Bertz CT molecular complexity index is 518. The molecule has 2 aliphatic heterocycles. The maximum absolute atomic E-state index is 12.3. The van der Waals surface area contributed by atoms with Crippen LogP contribution in [-0.4, -0.2) is 48.9 Å². The highest BCUT2D eigenvalue weighted by molar-refractivity contribution is 5.90. The smallest absolute Gasteiger partial charge is 0.338 e. The number of hydrogen-bond acceptors (Lipinski definition) is 5. The van der Waals surface area contributed by atoms with Gasteiger partial charge in [0.1, 0.15) is 0 Å². The highest BCUT2D eigenvalue weighted by atomic mass is 16.7. The van der Waals surface area contributed by atoms with Crippen molar-refractivity contribution in [2.24, 2.45) is 0 Å². The number of rotatable bonds is 3. The minimum atomic E-state index is -0.960. The van der Waals surface area contributed by atoms with Crippen LogP contribution in [-0.2, 0) is 30.3 Å². The number of amides is 1. The van der Waals surface area contributed by atoms with E-state index in [0.29, 0.717) is 13.1 Å². The Balaban J connectivity index is 1.74. The number of methoxy groups -OCH3 is 1. The van der Waals surface area contributed by atoms with Crippen molar-refractivity contribution in [1.82, 2.24) is 4.90 Å². The van der Waals surface area contributed by atoms with E-state index < -0.39 is 24.5 Å². The molecule has 3 atom stereocenters. The first-order chi connectivity index (χ1) is 9.69. The van der Waals surface area contributed by atoms with Crippen molar-refractivity contribution in [2.75, 3.05) is 13.7 Å². The van der Waals surface area contributed by atoms with Gasteiger partial charge in [-0.05, 0) is 5.56 Å². The fraction of sp³-hybridized carbons (Fsp3) is 0.429. The molecule has 0 spiro atoms. The second-order valence-electron chi connectivity index (χ2n) is 4.77. The van der Waals surface area contributed by atoms with Gasteiger partial charge in [-0.15, -0.1) is 0 Å². The third kappa shape index (κ3) is 2.28. The highest BCUT2D eigenvalue weighted by Gasteiger charge is 2.51. The van der Waals surface area contributed by atoms with Crippen molar-refractivity contribution in [1.29, 1.82) is 0 Å². The van der Waals surface area contributed by atoms with Crippen LogP contribution in [0, 0.1) is 0 Å². The van der Waals surface area contributed by atoms with Gasteiger partial charge in [0, 0.05) is 6.54 Å². The lowest BCUT2D eigenvalue weighted by Gasteiger charge is -2.30. The lowest BCUT2D eigenvalue weighted by Crippen LogP contribution is -2.49. The maximum atomic E-state index is 12.3. The van der Waals surface area contributed by atoms with E-state index >= 15 is 0 Å². The molecule has 1 aromatic carbocycles. The lowest BCUT2D eigenvalue weighted by molar-refractivity contribution is -0.162. The zero-order valence-electron chi connectivity index (χ0n) is 11.0. The molecule has 20 heavy (non-hydrogen) atoms. The van der Waals surface area contributed by atoms with Crippen molar-refractivity contribution >= 4 is 11.9 Å². The molecule has 2 bridgehead atoms. The van der Waals surface area contributed by atoms with Gasteiger partial charge in [-0.2, -0.15) is 0 Å². The summed E-state index contributed by atoms with van der Waals surface area (Å²) in [6, 6.07) is 9.66. The standard InChI is InChI=1S/C14H15NO5/c1-18-14(17)12-11-13(16)15(8-10(19-11)20-12)7-9-5-3-2-4-6-9/h2-6,10-12H,7-8H2,1H3/t10-,11+,12-/m1/s1. The first kappa shape index (κ1) is 13.1. The Morgan fingerprint density at radius 3 is 2.80 bits per heavy atom. The third-order valence-corrected chi connectivity index (χ3v) is 3.45. The number of benzene rings is 1. The summed E-state index contributed by atoms with van der Waals surface area (Å²) >= 11 is 0. The van der Waals surface area contributed by atoms with Crippen molar-refractivity contribution < 1.29 is 23.8 Å². The van der Waals surface area contributed by atoms with E-state index in [9.17, 15) is 9.59 Å². The molecule has 2 aliphatic rings. The van der Waals surface area contributed by atoms with Crippen LogP contribution in [0.5, 0.6) is 0 Å². The number of nitrogens with zero attached hydrogens (tertiary/aromatic N) is 1. The molecule has 2 saturated heterocycles. The summed E-state index contributed by atoms with van der Waals surface area (Å²) in [6.07, 6.45) is -2.42. The van der Waals surface area contributed by atoms with E-state index in [1.54, 1.807) is 4.90 Å². The maximum Gasteiger partial charge on any atom is 0.338 e. The SMILES string of the molecule is COC(=O)[C@@H]1O[C@@H]2CN(Cc3ccccc3)C(=O)[C@H]1O2. The van der Waals surface area contributed by atoms with Gasteiger partial charge in [0.05, 0.1) is 13.7 Å². The van der Waals surface area contributed by atoms with Crippen LogP contribution < -0.4 is 0 Å². The van der Waals surface area contributed by atoms with Crippen molar-refractivity contribution in [3.05, 3.63) is 35.9 Å². The summed E-state index contributed by atoms with van der Waals surface area (Å²) in [5.41, 5.74) is 1.02. The molecule has 2 heterocycles. The van der Waals surface area contributed by atoms with E-state index in [1.807, 2.05) is 30.3 Å². The molecule has 1 amide bonds. The topological polar surface area (TPSA) is 65.1 Å². The quantitative estimate of drug-likeness (QED) is 0.744. The second kappa shape index (κ2) is 5.22. The number of ether oxygens (including phenoxy) is 3. The molecule has 0 saturated carbocycles. The van der Waals surface area contributed by atoms with Gasteiger partial charge in [-0.3, -0.25) is 4.79 Å². The van der Waals surface area contributed by atoms with E-state index in [0.717, 1.165) is 5.56 Å². The molecular formula is C14H15NO5. The molecule has 0 radical (unpaired) electrons. The minimum Gasteiger partial charge on any atom is -0.467 e. The van der Waals surface area contributed by atoms with E-state index in [2.05, 4.69) is 4.74 Å². The van der Waals surface area contributed by atoms with Gasteiger partial charge >= 0.3 is 5.97 Å². The van der Waals surface area contributed by atoms with Gasteiger partial charge in [0.25, 0.3) is 5.91 Å². The van der Waals surface area contributed by atoms with Crippen LogP contribution in [0.3, 0.4) is 0 Å². The fourth-order valence-electron chi connectivity index (χ4n) is 2.47. The average Bonchev–Trinajstić information content (AvgIpc) is 2.84. The Labute approximate surface area is 116 Å². The molecule has 0 aliphatic carbocycles. The zero-order chi connectivity index (χ0) is 14.1. The van der Waals surface area contributed by atoms with Gasteiger partial charge in [-0.1, -0.05) is 30.3 Å². The van der Waals surface area contributed by atoms with E-state index in [1.165, 1.54) is 7.11 Å². The van der Waals surface area contributed by atoms with Gasteiger partial charge in [0.2, 0.25) is 0 Å². The molecule has 1 aromatic rings. The summed E-state index contributed by atoms with van der Waals surface area (Å²) in [6.45, 7) is 0.797. The zero-order valence-corrected chi connectivity index (χ0v) is 11.0. The summed E-state index contributed by atoms with van der Waals surface area (Å²) in [4.78, 5) is 25.6.